The molecule has 0 atom stereocenters. The lowest BCUT2D eigenvalue weighted by Crippen LogP contribution is -2.10. The lowest BCUT2D eigenvalue weighted by atomic mass is 10.4. The summed E-state index contributed by atoms with van der Waals surface area (Å²) < 4.78 is 10.4. The monoisotopic (exact) mass is 260 g/mol. The summed E-state index contributed by atoms with van der Waals surface area (Å²) in [4.78, 5) is 11.8. The van der Waals surface area contributed by atoms with E-state index in [1.807, 2.05) is 13.8 Å². The zero-order valence-electron chi connectivity index (χ0n) is 10.1. The number of anilines is 1. The largest absolute Gasteiger partial charge is 0.464 e. The summed E-state index contributed by atoms with van der Waals surface area (Å²) in [7, 11) is 0. The van der Waals surface area contributed by atoms with Crippen molar-refractivity contribution in [3.05, 3.63) is 5.28 Å². The molecule has 1 rings (SSSR count). The highest BCUT2D eigenvalue weighted by atomic mass is 35.5. The highest BCUT2D eigenvalue weighted by Gasteiger charge is 2.04. The van der Waals surface area contributed by atoms with Gasteiger partial charge in [0.2, 0.25) is 11.2 Å². The minimum absolute atomic E-state index is 0.121. The first-order valence-corrected chi connectivity index (χ1v) is 6.00. The van der Waals surface area contributed by atoms with Crippen LogP contribution in [0.15, 0.2) is 0 Å². The Hall–Kier alpha value is -1.14. The quantitative estimate of drug-likeness (QED) is 0.719. The van der Waals surface area contributed by atoms with Gasteiger partial charge in [-0.3, -0.25) is 0 Å². The fourth-order valence-corrected chi connectivity index (χ4v) is 1.28. The maximum atomic E-state index is 5.74. The van der Waals surface area contributed by atoms with Gasteiger partial charge in [-0.2, -0.15) is 15.0 Å². The lowest BCUT2D eigenvalue weighted by Gasteiger charge is -2.06. The highest BCUT2D eigenvalue weighted by Crippen LogP contribution is 2.11. The molecule has 17 heavy (non-hydrogen) atoms. The molecule has 1 heterocycles. The summed E-state index contributed by atoms with van der Waals surface area (Å²) >= 11 is 5.74. The topological polar surface area (TPSA) is 69.2 Å². The average Bonchev–Trinajstić information content (AvgIpc) is 2.28. The molecule has 0 amide bonds. The molecular formula is C10H17ClN4O2. The van der Waals surface area contributed by atoms with Gasteiger partial charge in [0.05, 0.1) is 6.61 Å². The van der Waals surface area contributed by atoms with Crippen LogP contribution in [-0.2, 0) is 4.74 Å². The molecule has 0 aliphatic rings. The molecule has 0 aliphatic heterocycles. The molecule has 1 aromatic rings. The molecule has 0 bridgehead atoms. The van der Waals surface area contributed by atoms with Gasteiger partial charge in [0.1, 0.15) is 0 Å². The first kappa shape index (κ1) is 13.9. The standard InChI is InChI=1S/C10H17ClN4O2/c1-3-16-7-5-6-12-9-13-8(11)14-10(15-9)17-4-2/h3-7H2,1-2H3,(H,12,13,14,15). The summed E-state index contributed by atoms with van der Waals surface area (Å²) in [6.45, 7) is 6.46. The van der Waals surface area contributed by atoms with Crippen LogP contribution >= 0.6 is 11.6 Å². The van der Waals surface area contributed by atoms with E-state index in [-0.39, 0.29) is 11.3 Å². The molecule has 7 heteroatoms. The smallest absolute Gasteiger partial charge is 0.322 e. The van der Waals surface area contributed by atoms with Gasteiger partial charge >= 0.3 is 6.01 Å². The minimum Gasteiger partial charge on any atom is -0.464 e. The summed E-state index contributed by atoms with van der Waals surface area (Å²) in [6, 6.07) is 0.236. The lowest BCUT2D eigenvalue weighted by molar-refractivity contribution is 0.147. The van der Waals surface area contributed by atoms with Crippen molar-refractivity contribution in [1.82, 2.24) is 15.0 Å². The van der Waals surface area contributed by atoms with Crippen molar-refractivity contribution in [3.63, 3.8) is 0 Å². The van der Waals surface area contributed by atoms with E-state index in [1.54, 1.807) is 0 Å². The normalized spacial score (nSPS) is 10.3. The van der Waals surface area contributed by atoms with Crippen LogP contribution in [0.3, 0.4) is 0 Å². The van der Waals surface area contributed by atoms with Gasteiger partial charge in [0.25, 0.3) is 0 Å². The van der Waals surface area contributed by atoms with Crippen molar-refractivity contribution >= 4 is 17.5 Å². The molecule has 0 saturated carbocycles. The van der Waals surface area contributed by atoms with Gasteiger partial charge in [0, 0.05) is 19.8 Å². The number of rotatable bonds is 8. The maximum absolute atomic E-state index is 5.74. The van der Waals surface area contributed by atoms with Crippen molar-refractivity contribution in [2.45, 2.75) is 20.3 Å². The molecule has 0 saturated heterocycles. The minimum atomic E-state index is 0.121. The first-order valence-electron chi connectivity index (χ1n) is 5.62. The molecule has 1 aromatic heterocycles. The van der Waals surface area contributed by atoms with E-state index in [0.29, 0.717) is 25.7 Å². The Bertz CT molecular complexity index is 338. The Morgan fingerprint density at radius 3 is 2.71 bits per heavy atom. The number of nitrogens with zero attached hydrogens (tertiary/aromatic N) is 3. The fraction of sp³-hybridized carbons (Fsp3) is 0.700. The van der Waals surface area contributed by atoms with Gasteiger partial charge in [0.15, 0.2) is 0 Å². The van der Waals surface area contributed by atoms with Gasteiger partial charge in [-0.1, -0.05) is 0 Å². The van der Waals surface area contributed by atoms with E-state index in [1.165, 1.54) is 0 Å². The Morgan fingerprint density at radius 2 is 2.00 bits per heavy atom. The van der Waals surface area contributed by atoms with Crippen molar-refractivity contribution < 1.29 is 9.47 Å². The average molecular weight is 261 g/mol. The molecule has 0 fully saturated rings. The zero-order chi connectivity index (χ0) is 12.5. The Labute approximate surface area is 106 Å². The molecule has 6 nitrogen and oxygen atoms in total. The van der Waals surface area contributed by atoms with Crippen molar-refractivity contribution in [1.29, 1.82) is 0 Å². The predicted molar refractivity (Wildman–Crippen MR) is 65.6 cm³/mol. The van der Waals surface area contributed by atoms with Crippen LogP contribution in [0, 0.1) is 0 Å². The second kappa shape index (κ2) is 8.03. The number of aromatic nitrogens is 3. The zero-order valence-corrected chi connectivity index (χ0v) is 10.8. The Balaban J connectivity index is 2.41. The van der Waals surface area contributed by atoms with Crippen molar-refractivity contribution in [3.8, 4) is 6.01 Å². The molecule has 0 aliphatic carbocycles. The molecule has 0 radical (unpaired) electrons. The fourth-order valence-electron chi connectivity index (χ4n) is 1.12. The van der Waals surface area contributed by atoms with E-state index < -0.39 is 0 Å². The Kier molecular flexibility index (Phi) is 6.57. The van der Waals surface area contributed by atoms with Crippen LogP contribution in [0.2, 0.25) is 5.28 Å². The van der Waals surface area contributed by atoms with E-state index in [9.17, 15) is 0 Å². The first-order chi connectivity index (χ1) is 8.26. The van der Waals surface area contributed by atoms with Crippen LogP contribution in [0.5, 0.6) is 6.01 Å². The third-order valence-electron chi connectivity index (χ3n) is 1.81. The third-order valence-corrected chi connectivity index (χ3v) is 1.98. The van der Waals surface area contributed by atoms with Gasteiger partial charge in [-0.15, -0.1) is 0 Å². The van der Waals surface area contributed by atoms with Crippen LogP contribution in [-0.4, -0.2) is 41.3 Å². The van der Waals surface area contributed by atoms with Crippen LogP contribution in [0.1, 0.15) is 20.3 Å². The summed E-state index contributed by atoms with van der Waals surface area (Å²) in [5, 5.41) is 3.16. The van der Waals surface area contributed by atoms with E-state index >= 15 is 0 Å². The van der Waals surface area contributed by atoms with Crippen LogP contribution in [0.25, 0.3) is 0 Å². The second-order valence-corrected chi connectivity index (χ2v) is 3.46. The maximum Gasteiger partial charge on any atom is 0.322 e. The van der Waals surface area contributed by atoms with Crippen LogP contribution < -0.4 is 10.1 Å². The van der Waals surface area contributed by atoms with E-state index in [0.717, 1.165) is 13.0 Å². The van der Waals surface area contributed by atoms with E-state index in [4.69, 9.17) is 21.1 Å². The predicted octanol–water partition coefficient (Wildman–Crippen LogP) is 1.76. The van der Waals surface area contributed by atoms with Gasteiger partial charge in [-0.25, -0.2) is 0 Å². The second-order valence-electron chi connectivity index (χ2n) is 3.12. The number of hydrogen-bond donors (Lipinski definition) is 1. The number of nitrogens with one attached hydrogen (secondary N) is 1. The number of hydrogen-bond acceptors (Lipinski definition) is 6. The highest BCUT2D eigenvalue weighted by molar-refractivity contribution is 6.28. The van der Waals surface area contributed by atoms with Crippen molar-refractivity contribution in [2.24, 2.45) is 0 Å². The molecule has 0 spiro atoms. The van der Waals surface area contributed by atoms with E-state index in [2.05, 4.69) is 20.3 Å². The molecule has 0 aromatic carbocycles. The molecule has 1 N–H and O–H groups in total. The third kappa shape index (κ3) is 5.65. The summed E-state index contributed by atoms with van der Waals surface area (Å²) in [6.07, 6.45) is 0.876. The Morgan fingerprint density at radius 1 is 1.18 bits per heavy atom. The summed E-state index contributed by atoms with van der Waals surface area (Å²) in [5.74, 6) is 0.421. The van der Waals surface area contributed by atoms with Gasteiger partial charge in [-0.05, 0) is 31.9 Å². The van der Waals surface area contributed by atoms with Gasteiger partial charge < -0.3 is 14.8 Å². The molecular weight excluding hydrogens is 244 g/mol. The molecule has 96 valence electrons. The van der Waals surface area contributed by atoms with Crippen LogP contribution in [0.4, 0.5) is 5.95 Å². The summed E-state index contributed by atoms with van der Waals surface area (Å²) in [5.41, 5.74) is 0. The number of halogens is 1. The molecule has 0 unspecified atom stereocenters. The van der Waals surface area contributed by atoms with Crippen molar-refractivity contribution in [2.75, 3.05) is 31.7 Å². The number of ether oxygens (including phenoxy) is 2. The SMILES string of the molecule is CCOCCCNc1nc(Cl)nc(OCC)n1.